The largest absolute Gasteiger partial charge is 0.383 e. The van der Waals surface area contributed by atoms with Crippen LogP contribution in [0.4, 0.5) is 26.3 Å². The highest BCUT2D eigenvalue weighted by molar-refractivity contribution is 6.59. The van der Waals surface area contributed by atoms with E-state index in [0.717, 1.165) is 0 Å². The minimum absolute atomic E-state index is 3.92. The number of hydrogen-bond acceptors (Lipinski definition) is 1. The summed E-state index contributed by atoms with van der Waals surface area (Å²) in [6, 6.07) is 0. The lowest BCUT2D eigenvalue weighted by atomic mass is 11.5. The van der Waals surface area contributed by atoms with Crippen LogP contribution in [0.15, 0.2) is 0 Å². The molecule has 0 aromatic carbocycles. The number of nitrogens with two attached hydrogens (primary N) is 1. The van der Waals surface area contributed by atoms with E-state index in [2.05, 4.69) is 5.40 Å². The summed E-state index contributed by atoms with van der Waals surface area (Å²) in [6.07, 6.45) is 0. The third kappa shape index (κ3) is 2.56. The number of alkyl halides is 6. The van der Waals surface area contributed by atoms with E-state index in [1.807, 2.05) is 0 Å². The molecule has 0 aromatic rings. The van der Waals surface area contributed by atoms with Gasteiger partial charge in [0.15, 0.2) is 0 Å². The maximum atomic E-state index is 11.2. The van der Waals surface area contributed by atoms with Crippen LogP contribution in [0, 0.1) is 0 Å². The van der Waals surface area contributed by atoms with Gasteiger partial charge in [-0.25, -0.2) is 0 Å². The molecular formula is C2H3F6NSi. The first-order valence-electron chi connectivity index (χ1n) is 2.04. The third-order valence-electron chi connectivity index (χ3n) is 0.705. The number of halogens is 6. The Kier molecular flexibility index (Phi) is 2.36. The zero-order valence-electron chi connectivity index (χ0n) is 4.42. The Morgan fingerprint density at radius 2 is 1.00 bits per heavy atom. The van der Waals surface area contributed by atoms with Crippen molar-refractivity contribution in [2.24, 2.45) is 5.40 Å². The average molecular weight is 183 g/mol. The van der Waals surface area contributed by atoms with E-state index in [1.165, 1.54) is 0 Å². The van der Waals surface area contributed by atoms with Crippen molar-refractivity contribution in [2.75, 3.05) is 0 Å². The van der Waals surface area contributed by atoms with Crippen LogP contribution in [-0.4, -0.2) is 20.6 Å². The van der Waals surface area contributed by atoms with Crippen LogP contribution < -0.4 is 5.40 Å². The van der Waals surface area contributed by atoms with Crippen molar-refractivity contribution < 1.29 is 26.3 Å². The fourth-order valence-corrected chi connectivity index (χ4v) is 0.557. The monoisotopic (exact) mass is 183 g/mol. The molecule has 1 nitrogen and oxygen atoms in total. The summed E-state index contributed by atoms with van der Waals surface area (Å²) in [4.78, 5) is 0. The molecule has 0 aliphatic carbocycles. The predicted octanol–water partition coefficient (Wildman–Crippen LogP) is 0.872. The normalized spacial score (nSPS) is 14.4. The topological polar surface area (TPSA) is 26.0 Å². The zero-order valence-corrected chi connectivity index (χ0v) is 5.58. The molecule has 2 N–H and O–H groups in total. The molecule has 8 heteroatoms. The summed E-state index contributed by atoms with van der Waals surface area (Å²) in [7, 11) is -5.08. The molecule has 0 heterocycles. The van der Waals surface area contributed by atoms with Gasteiger partial charge >= 0.3 is 20.6 Å². The Hall–Kier alpha value is -0.243. The Labute approximate surface area is 53.5 Å². The second kappa shape index (κ2) is 2.42. The molecule has 0 unspecified atom stereocenters. The van der Waals surface area contributed by atoms with E-state index in [1.54, 1.807) is 0 Å². The molecule has 0 amide bonds. The highest BCUT2D eigenvalue weighted by atomic mass is 28.3. The van der Waals surface area contributed by atoms with Crippen LogP contribution in [0.2, 0.25) is 0 Å². The highest BCUT2D eigenvalue weighted by Gasteiger charge is 2.56. The minimum Gasteiger partial charge on any atom is -0.339 e. The SMILES string of the molecule is N[SiH](C(F)(F)F)C(F)(F)F. The van der Waals surface area contributed by atoms with Crippen molar-refractivity contribution in [1.82, 2.24) is 0 Å². The Bertz CT molecular complexity index is 99.9. The Morgan fingerprint density at radius 3 is 1.00 bits per heavy atom. The van der Waals surface area contributed by atoms with Gasteiger partial charge in [0.2, 0.25) is 0 Å². The van der Waals surface area contributed by atoms with Gasteiger partial charge < -0.3 is 5.40 Å². The van der Waals surface area contributed by atoms with E-state index in [-0.39, 0.29) is 0 Å². The quantitative estimate of drug-likeness (QED) is 0.437. The van der Waals surface area contributed by atoms with Crippen molar-refractivity contribution in [3.05, 3.63) is 0 Å². The van der Waals surface area contributed by atoms with Gasteiger partial charge in [-0.15, -0.1) is 0 Å². The molecule has 0 rings (SSSR count). The predicted molar refractivity (Wildman–Crippen MR) is 23.4 cm³/mol. The molecule has 0 bridgehead atoms. The highest BCUT2D eigenvalue weighted by Crippen LogP contribution is 2.28. The lowest BCUT2D eigenvalue weighted by Gasteiger charge is -2.15. The lowest BCUT2D eigenvalue weighted by molar-refractivity contribution is -0.104. The van der Waals surface area contributed by atoms with Gasteiger partial charge in [-0.1, -0.05) is 0 Å². The second-order valence-corrected chi connectivity index (χ2v) is 3.83. The fourth-order valence-electron chi connectivity index (χ4n) is 0.186. The summed E-state index contributed by atoms with van der Waals surface area (Å²) in [5.41, 5.74) is 0. The van der Waals surface area contributed by atoms with E-state index < -0.39 is 20.6 Å². The molecule has 0 aliphatic heterocycles. The van der Waals surface area contributed by atoms with Gasteiger partial charge in [-0.05, 0) is 0 Å². The Morgan fingerprint density at radius 1 is 0.800 bits per heavy atom. The molecule has 0 atom stereocenters. The Balaban J connectivity index is 4.23. The van der Waals surface area contributed by atoms with Crippen molar-refractivity contribution in [2.45, 2.75) is 11.6 Å². The molecule has 0 spiro atoms. The van der Waals surface area contributed by atoms with Crippen LogP contribution in [0.25, 0.3) is 0 Å². The molecule has 0 fully saturated rings. The van der Waals surface area contributed by atoms with E-state index in [4.69, 9.17) is 0 Å². The molecule has 0 aromatic heterocycles. The van der Waals surface area contributed by atoms with Gasteiger partial charge in [-0.2, -0.15) is 26.3 Å². The standard InChI is InChI=1S/C2H3F6NSi/c3-1(4,5)10(9)2(6,7)8/h10H,9H2. The maximum absolute atomic E-state index is 11.2. The van der Waals surface area contributed by atoms with Crippen molar-refractivity contribution in [3.8, 4) is 0 Å². The first kappa shape index (κ1) is 9.76. The van der Waals surface area contributed by atoms with Crippen LogP contribution in [0.5, 0.6) is 0 Å². The van der Waals surface area contributed by atoms with Crippen molar-refractivity contribution in [3.63, 3.8) is 0 Å². The lowest BCUT2D eigenvalue weighted by Crippen LogP contribution is -2.54. The maximum Gasteiger partial charge on any atom is 0.383 e. The van der Waals surface area contributed by atoms with Gasteiger partial charge in [-0.3, -0.25) is 0 Å². The first-order chi connectivity index (χ1) is 4.15. The van der Waals surface area contributed by atoms with Gasteiger partial charge in [0.05, 0.1) is 0 Å². The van der Waals surface area contributed by atoms with E-state index >= 15 is 0 Å². The summed E-state index contributed by atoms with van der Waals surface area (Å²) in [5, 5.41) is 3.92. The molecule has 62 valence electrons. The first-order valence-corrected chi connectivity index (χ1v) is 3.87. The second-order valence-electron chi connectivity index (χ2n) is 1.56. The molecular weight excluding hydrogens is 180 g/mol. The molecule has 10 heavy (non-hydrogen) atoms. The van der Waals surface area contributed by atoms with Gasteiger partial charge in [0, 0.05) is 0 Å². The molecule has 0 saturated heterocycles. The van der Waals surface area contributed by atoms with Gasteiger partial charge in [0.25, 0.3) is 0 Å². The smallest absolute Gasteiger partial charge is 0.339 e. The minimum atomic E-state index is -5.27. The van der Waals surface area contributed by atoms with Crippen molar-refractivity contribution >= 4 is 8.96 Å². The van der Waals surface area contributed by atoms with Crippen LogP contribution in [0.3, 0.4) is 0 Å². The third-order valence-corrected chi connectivity index (χ3v) is 2.12. The fraction of sp³-hybridized carbons (Fsp3) is 1.00. The molecule has 0 aliphatic rings. The van der Waals surface area contributed by atoms with E-state index in [0.29, 0.717) is 0 Å². The van der Waals surface area contributed by atoms with Crippen LogP contribution >= 0.6 is 0 Å². The molecule has 0 radical (unpaired) electrons. The molecule has 0 saturated carbocycles. The van der Waals surface area contributed by atoms with Crippen LogP contribution in [0.1, 0.15) is 0 Å². The number of hydrogen-bond donors (Lipinski definition) is 1. The van der Waals surface area contributed by atoms with Gasteiger partial charge in [0.1, 0.15) is 0 Å². The summed E-state index contributed by atoms with van der Waals surface area (Å²) >= 11 is 0. The summed E-state index contributed by atoms with van der Waals surface area (Å²) < 4.78 is 67.0. The van der Waals surface area contributed by atoms with E-state index in [9.17, 15) is 26.3 Å². The summed E-state index contributed by atoms with van der Waals surface area (Å²) in [6.45, 7) is 0. The van der Waals surface area contributed by atoms with Crippen LogP contribution in [-0.2, 0) is 0 Å². The number of rotatable bonds is 0. The van der Waals surface area contributed by atoms with Crippen molar-refractivity contribution in [1.29, 1.82) is 0 Å². The zero-order chi connectivity index (χ0) is 8.58. The summed E-state index contributed by atoms with van der Waals surface area (Å²) in [5.74, 6) is -10.5. The average Bonchev–Trinajstić information content (AvgIpc) is 1.59.